The van der Waals surface area contributed by atoms with Crippen LogP contribution in [-0.2, 0) is 4.79 Å². The lowest BCUT2D eigenvalue weighted by atomic mass is 9.98. The second kappa shape index (κ2) is 3.39. The Morgan fingerprint density at radius 1 is 1.53 bits per heavy atom. The highest BCUT2D eigenvalue weighted by Gasteiger charge is 2.31. The molecule has 0 aromatic heterocycles. The van der Waals surface area contributed by atoms with E-state index in [9.17, 15) is 9.18 Å². The van der Waals surface area contributed by atoms with Crippen LogP contribution >= 0.6 is 0 Å². The van der Waals surface area contributed by atoms with Gasteiger partial charge in [0.15, 0.2) is 6.04 Å². The minimum atomic E-state index is -1.14. The lowest BCUT2D eigenvalue weighted by Crippen LogP contribution is -2.33. The first-order chi connectivity index (χ1) is 7.09. The predicted molar refractivity (Wildman–Crippen MR) is 49.3 cm³/mol. The third-order valence-corrected chi connectivity index (χ3v) is 2.23. The number of rotatable bonds is 1. The standard InChI is InChI=1S/C9H8FN3O2/c10-4-1-2-5-6(3-4)12-13-8(7(5)11)9(14)15/h1-3,7-8H,11H2,(H,14,15)/t7-,8-/m0/s1. The largest absolute Gasteiger partial charge is 0.480 e. The molecule has 0 bridgehead atoms. The summed E-state index contributed by atoms with van der Waals surface area (Å²) in [6.45, 7) is 0. The van der Waals surface area contributed by atoms with Gasteiger partial charge >= 0.3 is 5.97 Å². The lowest BCUT2D eigenvalue weighted by Gasteiger charge is -2.21. The highest BCUT2D eigenvalue weighted by Crippen LogP contribution is 2.33. The third-order valence-electron chi connectivity index (χ3n) is 2.23. The van der Waals surface area contributed by atoms with Gasteiger partial charge < -0.3 is 10.8 Å². The first-order valence-electron chi connectivity index (χ1n) is 4.28. The number of halogens is 1. The molecule has 1 aliphatic heterocycles. The number of hydrogen-bond acceptors (Lipinski definition) is 4. The summed E-state index contributed by atoms with van der Waals surface area (Å²) in [5.74, 6) is -1.59. The van der Waals surface area contributed by atoms with E-state index < -0.39 is 23.9 Å². The molecule has 78 valence electrons. The highest BCUT2D eigenvalue weighted by atomic mass is 19.1. The molecule has 0 radical (unpaired) electrons. The van der Waals surface area contributed by atoms with Crippen molar-refractivity contribution < 1.29 is 14.3 Å². The number of benzene rings is 1. The summed E-state index contributed by atoms with van der Waals surface area (Å²) in [5.41, 5.74) is 6.48. The van der Waals surface area contributed by atoms with Crippen molar-refractivity contribution in [3.8, 4) is 0 Å². The van der Waals surface area contributed by atoms with Gasteiger partial charge in [-0.2, -0.15) is 10.2 Å². The predicted octanol–water partition coefficient (Wildman–Crippen LogP) is 1.38. The average Bonchev–Trinajstić information content (AvgIpc) is 2.17. The Kier molecular flexibility index (Phi) is 2.20. The molecule has 1 aromatic rings. The van der Waals surface area contributed by atoms with Crippen molar-refractivity contribution >= 4 is 11.7 Å². The van der Waals surface area contributed by atoms with Gasteiger partial charge in [0.05, 0.1) is 11.7 Å². The van der Waals surface area contributed by atoms with Gasteiger partial charge in [-0.25, -0.2) is 9.18 Å². The summed E-state index contributed by atoms with van der Waals surface area (Å²) < 4.78 is 12.8. The molecular weight excluding hydrogens is 201 g/mol. The van der Waals surface area contributed by atoms with Gasteiger partial charge in [-0.15, -0.1) is 0 Å². The zero-order chi connectivity index (χ0) is 11.0. The Morgan fingerprint density at radius 2 is 2.27 bits per heavy atom. The zero-order valence-corrected chi connectivity index (χ0v) is 7.59. The van der Waals surface area contributed by atoms with Crippen molar-refractivity contribution in [2.75, 3.05) is 0 Å². The van der Waals surface area contributed by atoms with E-state index in [2.05, 4.69) is 10.2 Å². The first kappa shape index (κ1) is 9.72. The van der Waals surface area contributed by atoms with E-state index in [0.29, 0.717) is 11.3 Å². The number of aliphatic carboxylic acids is 1. The Balaban J connectivity index is 2.46. The van der Waals surface area contributed by atoms with Crippen LogP contribution in [0.3, 0.4) is 0 Å². The summed E-state index contributed by atoms with van der Waals surface area (Å²) in [7, 11) is 0. The van der Waals surface area contributed by atoms with Crippen molar-refractivity contribution in [1.29, 1.82) is 0 Å². The fourth-order valence-electron chi connectivity index (χ4n) is 1.45. The van der Waals surface area contributed by atoms with Crippen LogP contribution in [0.1, 0.15) is 11.6 Å². The molecule has 1 aliphatic rings. The van der Waals surface area contributed by atoms with Gasteiger partial charge in [0.25, 0.3) is 0 Å². The van der Waals surface area contributed by atoms with E-state index in [1.54, 1.807) is 0 Å². The van der Waals surface area contributed by atoms with Crippen molar-refractivity contribution in [2.24, 2.45) is 16.0 Å². The normalized spacial score (nSPS) is 23.6. The molecular formula is C9H8FN3O2. The molecule has 2 atom stereocenters. The number of nitrogens with two attached hydrogens (primary N) is 1. The van der Waals surface area contributed by atoms with Gasteiger partial charge in [-0.3, -0.25) is 0 Å². The SMILES string of the molecule is N[C@H]1c2ccc(F)cc2N=N[C@@H]1C(=O)O. The molecule has 0 unspecified atom stereocenters. The summed E-state index contributed by atoms with van der Waals surface area (Å²) in [5, 5.41) is 15.9. The Hall–Kier alpha value is -1.82. The van der Waals surface area contributed by atoms with Crippen LogP contribution in [0.2, 0.25) is 0 Å². The molecule has 0 saturated carbocycles. The maximum absolute atomic E-state index is 12.8. The van der Waals surface area contributed by atoms with Gasteiger partial charge in [-0.05, 0) is 11.6 Å². The van der Waals surface area contributed by atoms with Crippen LogP contribution in [0.5, 0.6) is 0 Å². The van der Waals surface area contributed by atoms with Crippen LogP contribution in [-0.4, -0.2) is 17.1 Å². The van der Waals surface area contributed by atoms with E-state index in [1.807, 2.05) is 0 Å². The van der Waals surface area contributed by atoms with E-state index in [0.717, 1.165) is 0 Å². The summed E-state index contributed by atoms with van der Waals surface area (Å²) in [6, 6.07) is 1.96. The Bertz CT molecular complexity index is 447. The van der Waals surface area contributed by atoms with Gasteiger partial charge in [0, 0.05) is 6.07 Å². The third kappa shape index (κ3) is 1.59. The number of carboxylic acid groups (broad SMARTS) is 1. The topological polar surface area (TPSA) is 88.0 Å². The van der Waals surface area contributed by atoms with Crippen LogP contribution in [0, 0.1) is 5.82 Å². The van der Waals surface area contributed by atoms with Gasteiger partial charge in [-0.1, -0.05) is 6.07 Å². The highest BCUT2D eigenvalue weighted by molar-refractivity contribution is 5.76. The summed E-state index contributed by atoms with van der Waals surface area (Å²) in [4.78, 5) is 10.7. The Morgan fingerprint density at radius 3 is 2.93 bits per heavy atom. The maximum atomic E-state index is 12.8. The van der Waals surface area contributed by atoms with Crippen molar-refractivity contribution in [3.05, 3.63) is 29.6 Å². The molecule has 1 aromatic carbocycles. The van der Waals surface area contributed by atoms with E-state index in [4.69, 9.17) is 10.8 Å². The maximum Gasteiger partial charge on any atom is 0.332 e. The molecule has 5 nitrogen and oxygen atoms in total. The number of nitrogens with zero attached hydrogens (tertiary/aromatic N) is 2. The van der Waals surface area contributed by atoms with Crippen molar-refractivity contribution in [2.45, 2.75) is 12.1 Å². The molecule has 6 heteroatoms. The summed E-state index contributed by atoms with van der Waals surface area (Å²) in [6.07, 6.45) is 0. The van der Waals surface area contributed by atoms with E-state index in [-0.39, 0.29) is 0 Å². The monoisotopic (exact) mass is 209 g/mol. The first-order valence-corrected chi connectivity index (χ1v) is 4.28. The molecule has 2 rings (SSSR count). The molecule has 0 aliphatic carbocycles. The van der Waals surface area contributed by atoms with Crippen molar-refractivity contribution in [1.82, 2.24) is 0 Å². The van der Waals surface area contributed by atoms with Gasteiger partial charge in [0.2, 0.25) is 0 Å². The van der Waals surface area contributed by atoms with Crippen LogP contribution in [0.15, 0.2) is 28.4 Å². The number of hydrogen-bond donors (Lipinski definition) is 2. The molecule has 0 spiro atoms. The van der Waals surface area contributed by atoms with Gasteiger partial charge in [0.1, 0.15) is 5.82 Å². The minimum absolute atomic E-state index is 0.292. The molecule has 1 heterocycles. The summed E-state index contributed by atoms with van der Waals surface area (Å²) >= 11 is 0. The number of fused-ring (bicyclic) bond motifs is 1. The quantitative estimate of drug-likeness (QED) is 0.732. The fourth-order valence-corrected chi connectivity index (χ4v) is 1.45. The van der Waals surface area contributed by atoms with E-state index >= 15 is 0 Å². The average molecular weight is 209 g/mol. The molecule has 0 saturated heterocycles. The van der Waals surface area contributed by atoms with E-state index in [1.165, 1.54) is 18.2 Å². The zero-order valence-electron chi connectivity index (χ0n) is 7.59. The fraction of sp³-hybridized carbons (Fsp3) is 0.222. The second-order valence-corrected chi connectivity index (χ2v) is 3.23. The molecule has 0 amide bonds. The Labute approximate surface area is 84.4 Å². The lowest BCUT2D eigenvalue weighted by molar-refractivity contribution is -0.139. The van der Waals surface area contributed by atoms with Crippen molar-refractivity contribution in [3.63, 3.8) is 0 Å². The molecule has 15 heavy (non-hydrogen) atoms. The van der Waals surface area contributed by atoms with Crippen LogP contribution < -0.4 is 5.73 Å². The number of azo groups is 1. The second-order valence-electron chi connectivity index (χ2n) is 3.23. The number of carbonyl (C=O) groups is 1. The minimum Gasteiger partial charge on any atom is -0.480 e. The van der Waals surface area contributed by atoms with Crippen LogP contribution in [0.4, 0.5) is 10.1 Å². The molecule has 0 fully saturated rings. The smallest absolute Gasteiger partial charge is 0.332 e. The molecule has 3 N–H and O–H groups in total. The van der Waals surface area contributed by atoms with Crippen LogP contribution in [0.25, 0.3) is 0 Å². The number of carboxylic acids is 1.